The van der Waals surface area contributed by atoms with E-state index in [2.05, 4.69) is 17.4 Å². The number of aliphatic hydroxyl groups is 1. The molecule has 0 saturated heterocycles. The molecule has 0 radical (unpaired) electrons. The summed E-state index contributed by atoms with van der Waals surface area (Å²) in [6.45, 7) is 2.43. The van der Waals surface area contributed by atoms with Gasteiger partial charge in [0.2, 0.25) is 0 Å². The molecule has 5 nitrogen and oxygen atoms in total. The van der Waals surface area contributed by atoms with E-state index in [0.717, 1.165) is 36.1 Å². The first-order valence-electron chi connectivity index (χ1n) is 11.2. The van der Waals surface area contributed by atoms with Gasteiger partial charge in [0.25, 0.3) is 0 Å². The van der Waals surface area contributed by atoms with E-state index < -0.39 is 12.1 Å². The summed E-state index contributed by atoms with van der Waals surface area (Å²) in [5.41, 5.74) is 4.58. The number of ether oxygens (including phenoxy) is 1. The molecular weight excluding hydrogens is 473 g/mol. The van der Waals surface area contributed by atoms with Gasteiger partial charge in [-0.25, -0.2) is 4.79 Å². The lowest BCUT2D eigenvalue weighted by atomic mass is 9.88. The van der Waals surface area contributed by atoms with Crippen molar-refractivity contribution >= 4 is 30.0 Å². The number of hydrogen-bond donors (Lipinski definition) is 3. The molecule has 7 heteroatoms. The van der Waals surface area contributed by atoms with Crippen LogP contribution in [0.5, 0.6) is 5.75 Å². The number of carbonyl (C=O) groups is 1. The van der Waals surface area contributed by atoms with Gasteiger partial charge in [0.15, 0.2) is 0 Å². The van der Waals surface area contributed by atoms with Gasteiger partial charge in [-0.2, -0.15) is 0 Å². The zero-order valence-electron chi connectivity index (χ0n) is 18.9. The number of aryl methyl sites for hydroxylation is 1. The number of carboxylic acid groups (broad SMARTS) is 1. The molecule has 3 aromatic carbocycles. The molecule has 3 atom stereocenters. The van der Waals surface area contributed by atoms with Crippen LogP contribution < -0.4 is 10.1 Å². The molecule has 1 aliphatic rings. The second-order valence-electron chi connectivity index (χ2n) is 8.54. The molecule has 3 aromatic rings. The van der Waals surface area contributed by atoms with Crippen molar-refractivity contribution in [2.75, 3.05) is 6.54 Å². The lowest BCUT2D eigenvalue weighted by molar-refractivity contribution is 0.0696. The minimum absolute atomic E-state index is 0. The Labute approximate surface area is 211 Å². The zero-order valence-corrected chi connectivity index (χ0v) is 20.5. The number of halogens is 2. The van der Waals surface area contributed by atoms with Crippen LogP contribution >= 0.6 is 24.0 Å². The number of fused-ring (bicyclic) bond motifs is 1. The number of aromatic carboxylic acids is 1. The van der Waals surface area contributed by atoms with Gasteiger partial charge in [0, 0.05) is 17.6 Å². The highest BCUT2D eigenvalue weighted by Crippen LogP contribution is 2.29. The van der Waals surface area contributed by atoms with Gasteiger partial charge < -0.3 is 20.3 Å². The average molecular weight is 502 g/mol. The van der Waals surface area contributed by atoms with Crippen molar-refractivity contribution in [2.45, 2.75) is 44.4 Å². The summed E-state index contributed by atoms with van der Waals surface area (Å²) >= 11 is 6.04. The predicted octanol–water partition coefficient (Wildman–Crippen LogP) is 5.78. The number of carboxylic acids is 1. The van der Waals surface area contributed by atoms with Crippen LogP contribution in [-0.4, -0.2) is 28.8 Å². The van der Waals surface area contributed by atoms with Crippen LogP contribution in [0.15, 0.2) is 66.7 Å². The highest BCUT2D eigenvalue weighted by molar-refractivity contribution is 6.30. The molecule has 34 heavy (non-hydrogen) atoms. The maximum Gasteiger partial charge on any atom is 0.335 e. The van der Waals surface area contributed by atoms with Gasteiger partial charge in [-0.05, 0) is 84.8 Å². The van der Waals surface area contributed by atoms with Crippen molar-refractivity contribution in [3.63, 3.8) is 0 Å². The van der Waals surface area contributed by atoms with Crippen molar-refractivity contribution < 1.29 is 19.7 Å². The van der Waals surface area contributed by atoms with E-state index in [1.54, 1.807) is 36.4 Å². The third-order valence-electron chi connectivity index (χ3n) is 6.18. The smallest absolute Gasteiger partial charge is 0.335 e. The third-order valence-corrected chi connectivity index (χ3v) is 6.41. The Morgan fingerprint density at radius 2 is 1.85 bits per heavy atom. The Morgan fingerprint density at radius 1 is 1.09 bits per heavy atom. The van der Waals surface area contributed by atoms with Crippen molar-refractivity contribution in [1.29, 1.82) is 0 Å². The average Bonchev–Trinajstić information content (AvgIpc) is 2.82. The summed E-state index contributed by atoms with van der Waals surface area (Å²) < 4.78 is 6.15. The highest BCUT2D eigenvalue weighted by atomic mass is 35.5. The second kappa shape index (κ2) is 11.7. The third kappa shape index (κ3) is 6.51. The molecule has 0 bridgehead atoms. The first kappa shape index (κ1) is 26.0. The summed E-state index contributed by atoms with van der Waals surface area (Å²) in [5, 5.41) is 23.7. The summed E-state index contributed by atoms with van der Waals surface area (Å²) in [5.74, 6) is -0.142. The summed E-state index contributed by atoms with van der Waals surface area (Å²) in [4.78, 5) is 11.0. The Balaban J connectivity index is 0.00000324. The lowest BCUT2D eigenvalue weighted by Gasteiger charge is -2.27. The molecule has 0 heterocycles. The Kier molecular flexibility index (Phi) is 8.97. The van der Waals surface area contributed by atoms with Crippen LogP contribution in [0.3, 0.4) is 0 Å². The maximum absolute atomic E-state index is 11.0. The monoisotopic (exact) mass is 501 g/mol. The highest BCUT2D eigenvalue weighted by Gasteiger charge is 2.21. The lowest BCUT2D eigenvalue weighted by Crippen LogP contribution is -2.37. The van der Waals surface area contributed by atoms with Crippen LogP contribution in [0.2, 0.25) is 5.02 Å². The van der Waals surface area contributed by atoms with Gasteiger partial charge in [-0.15, -0.1) is 12.4 Å². The normalized spacial score (nSPS) is 16.6. The minimum atomic E-state index is -0.937. The number of nitrogens with one attached hydrogen (secondary N) is 1. The molecule has 1 unspecified atom stereocenters. The van der Waals surface area contributed by atoms with Crippen LogP contribution in [0.1, 0.15) is 58.2 Å². The van der Waals surface area contributed by atoms with Gasteiger partial charge in [0.1, 0.15) is 11.9 Å². The van der Waals surface area contributed by atoms with Gasteiger partial charge in [-0.1, -0.05) is 41.9 Å². The second-order valence-corrected chi connectivity index (χ2v) is 8.97. The first-order chi connectivity index (χ1) is 15.9. The Morgan fingerprint density at radius 3 is 2.56 bits per heavy atom. The topological polar surface area (TPSA) is 78.8 Å². The number of benzene rings is 3. The minimum Gasteiger partial charge on any atom is -0.486 e. The zero-order chi connectivity index (χ0) is 23.4. The van der Waals surface area contributed by atoms with Gasteiger partial charge >= 0.3 is 5.97 Å². The molecule has 0 amide bonds. The van der Waals surface area contributed by atoms with Crippen molar-refractivity contribution in [1.82, 2.24) is 5.32 Å². The fourth-order valence-corrected chi connectivity index (χ4v) is 4.46. The first-order valence-corrected chi connectivity index (χ1v) is 11.6. The molecule has 0 aromatic heterocycles. The van der Waals surface area contributed by atoms with E-state index in [4.69, 9.17) is 21.4 Å². The van der Waals surface area contributed by atoms with E-state index in [9.17, 15) is 9.90 Å². The van der Waals surface area contributed by atoms with E-state index in [1.165, 1.54) is 11.1 Å². The predicted molar refractivity (Wildman–Crippen MR) is 136 cm³/mol. The molecule has 0 spiro atoms. The summed E-state index contributed by atoms with van der Waals surface area (Å²) in [6.07, 6.45) is 2.06. The van der Waals surface area contributed by atoms with E-state index in [-0.39, 0.29) is 30.1 Å². The molecule has 3 N–H and O–H groups in total. The number of hydrogen-bond acceptors (Lipinski definition) is 4. The number of aliphatic hydroxyl groups excluding tert-OH is 1. The molecular formula is C27H29Cl2NO4. The van der Waals surface area contributed by atoms with E-state index in [1.807, 2.05) is 25.1 Å². The van der Waals surface area contributed by atoms with Crippen molar-refractivity contribution in [3.05, 3.63) is 99.6 Å². The van der Waals surface area contributed by atoms with Crippen LogP contribution in [-0.2, 0) is 12.8 Å². The standard InChI is InChI=1S/C27H28ClNO4.ClH/c1-17(18-5-7-20(8-6-18)27(31)32)33-25-12-10-19-9-11-24(14-22(19)15-25)29-16-26(30)21-3-2-4-23(28)13-21;/h2-8,10,12-13,15,17,24,26,29-30H,9,11,14,16H2,1H3,(H,31,32);1H/t17?,24-,26-;/m0./s1. The molecule has 0 saturated carbocycles. The molecule has 4 rings (SSSR count). The molecule has 0 fully saturated rings. The summed E-state index contributed by atoms with van der Waals surface area (Å²) in [7, 11) is 0. The van der Waals surface area contributed by atoms with Gasteiger partial charge in [0.05, 0.1) is 11.7 Å². The van der Waals surface area contributed by atoms with Gasteiger partial charge in [-0.3, -0.25) is 0 Å². The van der Waals surface area contributed by atoms with E-state index in [0.29, 0.717) is 11.6 Å². The fourth-order valence-electron chi connectivity index (χ4n) is 4.26. The van der Waals surface area contributed by atoms with Crippen LogP contribution in [0.25, 0.3) is 0 Å². The molecule has 1 aliphatic carbocycles. The largest absolute Gasteiger partial charge is 0.486 e. The fraction of sp³-hybridized carbons (Fsp3) is 0.296. The number of rotatable bonds is 8. The van der Waals surface area contributed by atoms with Crippen molar-refractivity contribution in [3.8, 4) is 5.75 Å². The van der Waals surface area contributed by atoms with Crippen LogP contribution in [0.4, 0.5) is 0 Å². The van der Waals surface area contributed by atoms with Crippen molar-refractivity contribution in [2.24, 2.45) is 0 Å². The Bertz CT molecular complexity index is 1120. The molecule has 0 aliphatic heterocycles. The van der Waals surface area contributed by atoms with Crippen LogP contribution in [0, 0.1) is 0 Å². The Hall–Kier alpha value is -2.57. The SMILES string of the molecule is CC(Oc1ccc2c(c1)C[C@@H](NC[C@H](O)c1cccc(Cl)c1)CC2)c1ccc(C(=O)O)cc1.Cl. The quantitative estimate of drug-likeness (QED) is 0.364. The van der Waals surface area contributed by atoms with E-state index >= 15 is 0 Å². The maximum atomic E-state index is 11.0. The summed E-state index contributed by atoms with van der Waals surface area (Å²) in [6, 6.07) is 20.6. The molecule has 180 valence electrons.